The van der Waals surface area contributed by atoms with Crippen molar-refractivity contribution in [3.05, 3.63) is 33.8 Å². The molecule has 1 aromatic rings. The summed E-state index contributed by atoms with van der Waals surface area (Å²) in [6.45, 7) is 7.79. The van der Waals surface area contributed by atoms with E-state index in [0.717, 1.165) is 48.3 Å². The maximum Gasteiger partial charge on any atom is 0.0452 e. The first-order valence-electron chi connectivity index (χ1n) is 7.33. The van der Waals surface area contributed by atoms with Crippen LogP contribution in [0.3, 0.4) is 0 Å². The molecule has 1 aromatic carbocycles. The molecule has 0 amide bonds. The van der Waals surface area contributed by atoms with Crippen LogP contribution < -0.4 is 5.32 Å². The molecular formula is C15H21Cl2N3. The zero-order valence-corrected chi connectivity index (χ0v) is 13.1. The maximum absolute atomic E-state index is 6.26. The normalized spacial score (nSPS) is 25.2. The Hall–Kier alpha value is -0.320. The molecule has 20 heavy (non-hydrogen) atoms. The third kappa shape index (κ3) is 3.46. The fourth-order valence-electron chi connectivity index (χ4n) is 3.21. The second-order valence-electron chi connectivity index (χ2n) is 5.70. The number of rotatable bonds is 3. The molecule has 2 heterocycles. The fourth-order valence-corrected chi connectivity index (χ4v) is 3.58. The van der Waals surface area contributed by atoms with Crippen LogP contribution in [0.25, 0.3) is 0 Å². The molecule has 1 unspecified atom stereocenters. The van der Waals surface area contributed by atoms with Crippen molar-refractivity contribution in [3.8, 4) is 0 Å². The molecule has 2 aliphatic heterocycles. The van der Waals surface area contributed by atoms with Crippen molar-refractivity contribution in [2.75, 3.05) is 39.3 Å². The topological polar surface area (TPSA) is 18.5 Å². The van der Waals surface area contributed by atoms with Crippen molar-refractivity contribution in [3.63, 3.8) is 0 Å². The summed E-state index contributed by atoms with van der Waals surface area (Å²) in [7, 11) is 0. The molecule has 0 aliphatic carbocycles. The van der Waals surface area contributed by atoms with E-state index in [0.29, 0.717) is 6.04 Å². The highest BCUT2D eigenvalue weighted by Gasteiger charge is 2.28. The Kier molecular flexibility index (Phi) is 4.84. The molecule has 5 heteroatoms. The molecule has 3 rings (SSSR count). The van der Waals surface area contributed by atoms with E-state index in [-0.39, 0.29) is 0 Å². The Morgan fingerprint density at radius 3 is 2.75 bits per heavy atom. The lowest BCUT2D eigenvalue weighted by Crippen LogP contribution is -2.49. The number of halogens is 2. The Balaban J connectivity index is 1.58. The van der Waals surface area contributed by atoms with Crippen LogP contribution in [-0.2, 0) is 6.54 Å². The van der Waals surface area contributed by atoms with Gasteiger partial charge < -0.3 is 5.32 Å². The van der Waals surface area contributed by atoms with Crippen LogP contribution in [0.2, 0.25) is 10.0 Å². The Bertz CT molecular complexity index is 460. The van der Waals surface area contributed by atoms with E-state index in [4.69, 9.17) is 23.2 Å². The number of piperazine rings is 1. The highest BCUT2D eigenvalue weighted by Crippen LogP contribution is 2.24. The minimum absolute atomic E-state index is 0.704. The van der Waals surface area contributed by atoms with Crippen molar-refractivity contribution in [2.24, 2.45) is 0 Å². The summed E-state index contributed by atoms with van der Waals surface area (Å²) in [6, 6.07) is 6.43. The minimum atomic E-state index is 0.704. The van der Waals surface area contributed by atoms with Gasteiger partial charge >= 0.3 is 0 Å². The van der Waals surface area contributed by atoms with Gasteiger partial charge in [0.05, 0.1) is 0 Å². The lowest BCUT2D eigenvalue weighted by molar-refractivity contribution is 0.170. The summed E-state index contributed by atoms with van der Waals surface area (Å²) in [5, 5.41) is 5.00. The van der Waals surface area contributed by atoms with Gasteiger partial charge in [0, 0.05) is 61.9 Å². The van der Waals surface area contributed by atoms with Gasteiger partial charge in [-0.2, -0.15) is 0 Å². The zero-order valence-electron chi connectivity index (χ0n) is 11.6. The lowest BCUT2D eigenvalue weighted by atomic mass is 10.2. The molecule has 3 nitrogen and oxygen atoms in total. The summed E-state index contributed by atoms with van der Waals surface area (Å²) in [6.07, 6.45) is 1.26. The third-order valence-electron chi connectivity index (χ3n) is 4.32. The van der Waals surface area contributed by atoms with Gasteiger partial charge in [-0.3, -0.25) is 9.80 Å². The molecule has 0 bridgehead atoms. The molecule has 0 spiro atoms. The lowest BCUT2D eigenvalue weighted by Gasteiger charge is -2.32. The number of benzene rings is 1. The van der Waals surface area contributed by atoms with E-state index >= 15 is 0 Å². The smallest absolute Gasteiger partial charge is 0.0452 e. The summed E-state index contributed by atoms with van der Waals surface area (Å²) in [5.74, 6) is 0. The van der Waals surface area contributed by atoms with Crippen molar-refractivity contribution < 1.29 is 0 Å². The molecule has 0 radical (unpaired) electrons. The number of hydrogen-bond acceptors (Lipinski definition) is 3. The van der Waals surface area contributed by atoms with E-state index in [1.54, 1.807) is 0 Å². The largest absolute Gasteiger partial charge is 0.314 e. The summed E-state index contributed by atoms with van der Waals surface area (Å²) >= 11 is 12.3. The predicted octanol–water partition coefficient (Wildman–Crippen LogP) is 2.47. The zero-order chi connectivity index (χ0) is 13.9. The van der Waals surface area contributed by atoms with E-state index in [2.05, 4.69) is 15.1 Å². The first-order valence-corrected chi connectivity index (χ1v) is 8.09. The first-order chi connectivity index (χ1) is 9.72. The van der Waals surface area contributed by atoms with Crippen LogP contribution in [0.4, 0.5) is 0 Å². The quantitative estimate of drug-likeness (QED) is 0.925. The van der Waals surface area contributed by atoms with Gasteiger partial charge in [0.25, 0.3) is 0 Å². The number of likely N-dealkylation sites (tertiary alicyclic amines) is 1. The average Bonchev–Trinajstić information content (AvgIpc) is 2.92. The van der Waals surface area contributed by atoms with Crippen LogP contribution in [0.1, 0.15) is 12.0 Å². The van der Waals surface area contributed by atoms with Gasteiger partial charge in [0.1, 0.15) is 0 Å². The SMILES string of the molecule is Clc1ccc(Cl)c(CN2CCC(N3CCNCC3)C2)c1. The summed E-state index contributed by atoms with van der Waals surface area (Å²) in [5.41, 5.74) is 1.14. The van der Waals surface area contributed by atoms with E-state index in [9.17, 15) is 0 Å². The highest BCUT2D eigenvalue weighted by molar-refractivity contribution is 6.33. The molecule has 0 aromatic heterocycles. The Labute approximate surface area is 130 Å². The average molecular weight is 314 g/mol. The summed E-state index contributed by atoms with van der Waals surface area (Å²) in [4.78, 5) is 5.11. The van der Waals surface area contributed by atoms with Crippen molar-refractivity contribution in [1.82, 2.24) is 15.1 Å². The Morgan fingerprint density at radius 2 is 1.95 bits per heavy atom. The van der Waals surface area contributed by atoms with Crippen molar-refractivity contribution in [2.45, 2.75) is 19.0 Å². The van der Waals surface area contributed by atoms with E-state index in [1.165, 1.54) is 19.5 Å². The molecule has 1 atom stereocenters. The third-order valence-corrected chi connectivity index (χ3v) is 4.92. The van der Waals surface area contributed by atoms with Gasteiger partial charge in [0.15, 0.2) is 0 Å². The van der Waals surface area contributed by atoms with Crippen LogP contribution in [0, 0.1) is 0 Å². The molecule has 2 aliphatic rings. The molecule has 2 saturated heterocycles. The second-order valence-corrected chi connectivity index (χ2v) is 6.54. The molecule has 0 saturated carbocycles. The highest BCUT2D eigenvalue weighted by atomic mass is 35.5. The van der Waals surface area contributed by atoms with E-state index in [1.807, 2.05) is 18.2 Å². The second kappa shape index (κ2) is 6.63. The van der Waals surface area contributed by atoms with Gasteiger partial charge in [-0.1, -0.05) is 23.2 Å². The Morgan fingerprint density at radius 1 is 1.15 bits per heavy atom. The van der Waals surface area contributed by atoms with Crippen LogP contribution in [-0.4, -0.2) is 55.1 Å². The van der Waals surface area contributed by atoms with Gasteiger partial charge in [-0.05, 0) is 30.2 Å². The maximum atomic E-state index is 6.26. The standard InChI is InChI=1S/C15H21Cl2N3/c16-13-1-2-15(17)12(9-13)10-19-6-3-14(11-19)20-7-4-18-5-8-20/h1-2,9,14,18H,3-8,10-11H2. The van der Waals surface area contributed by atoms with Crippen LogP contribution in [0.5, 0.6) is 0 Å². The molecule has 1 N–H and O–H groups in total. The number of nitrogens with one attached hydrogen (secondary N) is 1. The predicted molar refractivity (Wildman–Crippen MR) is 84.6 cm³/mol. The number of nitrogens with zero attached hydrogens (tertiary/aromatic N) is 2. The summed E-state index contributed by atoms with van der Waals surface area (Å²) < 4.78 is 0. The monoisotopic (exact) mass is 313 g/mol. The fraction of sp³-hybridized carbons (Fsp3) is 0.600. The van der Waals surface area contributed by atoms with Crippen LogP contribution >= 0.6 is 23.2 Å². The van der Waals surface area contributed by atoms with Crippen molar-refractivity contribution in [1.29, 1.82) is 0 Å². The van der Waals surface area contributed by atoms with Crippen molar-refractivity contribution >= 4 is 23.2 Å². The first kappa shape index (κ1) is 14.6. The van der Waals surface area contributed by atoms with Gasteiger partial charge in [-0.15, -0.1) is 0 Å². The van der Waals surface area contributed by atoms with Gasteiger partial charge in [0.2, 0.25) is 0 Å². The van der Waals surface area contributed by atoms with Crippen LogP contribution in [0.15, 0.2) is 18.2 Å². The van der Waals surface area contributed by atoms with E-state index < -0.39 is 0 Å². The molecule has 110 valence electrons. The molecular weight excluding hydrogens is 293 g/mol. The minimum Gasteiger partial charge on any atom is -0.314 e. The van der Waals surface area contributed by atoms with Gasteiger partial charge in [-0.25, -0.2) is 0 Å². The number of hydrogen-bond donors (Lipinski definition) is 1. The molecule has 2 fully saturated rings.